The third kappa shape index (κ3) is 5.82. The minimum absolute atomic E-state index is 0.00761. The summed E-state index contributed by atoms with van der Waals surface area (Å²) in [5.74, 6) is -0.651. The third-order valence-corrected chi connectivity index (χ3v) is 6.92. The number of benzene rings is 1. The number of sulfonamides is 1. The van der Waals surface area contributed by atoms with Crippen molar-refractivity contribution in [2.75, 3.05) is 18.4 Å². The van der Waals surface area contributed by atoms with Crippen LogP contribution >= 0.6 is 11.6 Å². The fourth-order valence-corrected chi connectivity index (χ4v) is 4.91. The van der Waals surface area contributed by atoms with Crippen LogP contribution in [0.4, 0.5) is 10.1 Å². The molecule has 0 bridgehead atoms. The van der Waals surface area contributed by atoms with Gasteiger partial charge in [0.25, 0.3) is 15.6 Å². The van der Waals surface area contributed by atoms with Crippen LogP contribution in [0.1, 0.15) is 13.8 Å². The fourth-order valence-electron chi connectivity index (χ4n) is 3.33. The topological polar surface area (TPSA) is 138 Å². The Morgan fingerprint density at radius 1 is 1.14 bits per heavy atom. The Balaban J connectivity index is 1.73. The van der Waals surface area contributed by atoms with E-state index >= 15 is 0 Å². The minimum atomic E-state index is -4.22. The van der Waals surface area contributed by atoms with Crippen LogP contribution in [-0.2, 0) is 10.0 Å². The van der Waals surface area contributed by atoms with Gasteiger partial charge in [0.1, 0.15) is 28.7 Å². The smallest absolute Gasteiger partial charge is 0.300 e. The van der Waals surface area contributed by atoms with Gasteiger partial charge < -0.3 is 15.2 Å². The molecule has 4 rings (SSSR count). The van der Waals surface area contributed by atoms with Gasteiger partial charge in [-0.25, -0.2) is 22.8 Å². The predicted octanol–water partition coefficient (Wildman–Crippen LogP) is 3.47. The standard InChI is InChI=1S/C24H23ClFN5O5S/c1-24(2,27)13-36-19-11-28-21-7-4-14(12-31(21)23(19)32)15-8-18(22(35-3)29-10-15)30-37(33,34)20-6-5-16(26)9-17(20)25/h4-12,30H,13,27H2,1-3H3. The summed E-state index contributed by atoms with van der Waals surface area (Å²) in [5, 5.41) is -0.284. The summed E-state index contributed by atoms with van der Waals surface area (Å²) in [5.41, 5.74) is 6.23. The molecule has 0 aliphatic rings. The highest BCUT2D eigenvalue weighted by atomic mass is 35.5. The molecular formula is C24H23ClFN5O5S. The maximum Gasteiger partial charge on any atom is 0.300 e. The molecule has 0 radical (unpaired) electrons. The van der Waals surface area contributed by atoms with Crippen molar-refractivity contribution >= 4 is 33.0 Å². The van der Waals surface area contributed by atoms with E-state index < -0.39 is 26.9 Å². The SMILES string of the molecule is COc1ncc(-c2ccc3ncc(OCC(C)(C)N)c(=O)n3c2)cc1NS(=O)(=O)c1ccc(F)cc1Cl. The number of halogens is 2. The number of hydrogen-bond acceptors (Lipinski definition) is 8. The van der Waals surface area contributed by atoms with Crippen molar-refractivity contribution in [2.24, 2.45) is 5.73 Å². The molecule has 13 heteroatoms. The molecule has 0 aliphatic heterocycles. The minimum Gasteiger partial charge on any atom is -0.485 e. The second-order valence-corrected chi connectivity index (χ2v) is 10.9. The average Bonchev–Trinajstić information content (AvgIpc) is 2.82. The Morgan fingerprint density at radius 2 is 1.89 bits per heavy atom. The number of nitrogens with two attached hydrogens (primary N) is 1. The molecule has 0 spiro atoms. The summed E-state index contributed by atoms with van der Waals surface area (Å²) in [6, 6.07) is 7.74. The van der Waals surface area contributed by atoms with Gasteiger partial charge in [-0.15, -0.1) is 0 Å². The van der Waals surface area contributed by atoms with E-state index in [1.807, 2.05) is 0 Å². The molecular weight excluding hydrogens is 525 g/mol. The second kappa shape index (κ2) is 9.96. The fraction of sp³-hybridized carbons (Fsp3) is 0.208. The average molecular weight is 548 g/mol. The molecule has 0 amide bonds. The van der Waals surface area contributed by atoms with Gasteiger partial charge in [0.2, 0.25) is 11.6 Å². The number of aromatic nitrogens is 3. The van der Waals surface area contributed by atoms with Crippen molar-refractivity contribution < 1.29 is 22.3 Å². The number of fused-ring (bicyclic) bond motifs is 1. The lowest BCUT2D eigenvalue weighted by Crippen LogP contribution is -2.39. The van der Waals surface area contributed by atoms with E-state index in [9.17, 15) is 17.6 Å². The molecule has 3 N–H and O–H groups in total. The zero-order valence-corrected chi connectivity index (χ0v) is 21.6. The maximum absolute atomic E-state index is 13.4. The van der Waals surface area contributed by atoms with Gasteiger partial charge in [-0.3, -0.25) is 13.9 Å². The highest BCUT2D eigenvalue weighted by Crippen LogP contribution is 2.31. The molecule has 37 heavy (non-hydrogen) atoms. The van der Waals surface area contributed by atoms with Gasteiger partial charge in [-0.05, 0) is 50.2 Å². The number of methoxy groups -OCH3 is 1. The highest BCUT2D eigenvalue weighted by molar-refractivity contribution is 7.92. The Labute approximate surface area is 216 Å². The number of hydrogen-bond donors (Lipinski definition) is 2. The lowest BCUT2D eigenvalue weighted by molar-refractivity contribution is 0.239. The van der Waals surface area contributed by atoms with Crippen molar-refractivity contribution in [2.45, 2.75) is 24.3 Å². The molecule has 0 saturated heterocycles. The van der Waals surface area contributed by atoms with Crippen LogP contribution in [0.5, 0.6) is 11.6 Å². The zero-order valence-electron chi connectivity index (χ0n) is 20.0. The Hall–Kier alpha value is -3.74. The summed E-state index contributed by atoms with van der Waals surface area (Å²) >= 11 is 5.95. The lowest BCUT2D eigenvalue weighted by atomic mass is 10.1. The van der Waals surface area contributed by atoms with E-state index in [1.165, 1.54) is 36.2 Å². The van der Waals surface area contributed by atoms with Gasteiger partial charge >= 0.3 is 0 Å². The van der Waals surface area contributed by atoms with Crippen LogP contribution < -0.4 is 25.5 Å². The molecule has 3 aromatic heterocycles. The quantitative estimate of drug-likeness (QED) is 0.342. The van der Waals surface area contributed by atoms with E-state index in [1.54, 1.807) is 26.0 Å². The van der Waals surface area contributed by atoms with Crippen LogP contribution in [0.15, 0.2) is 64.7 Å². The van der Waals surface area contributed by atoms with Crippen LogP contribution in [0.3, 0.4) is 0 Å². The molecule has 1 aromatic carbocycles. The van der Waals surface area contributed by atoms with Crippen molar-refractivity contribution in [3.05, 3.63) is 76.2 Å². The number of pyridine rings is 2. The van der Waals surface area contributed by atoms with Crippen molar-refractivity contribution in [1.29, 1.82) is 0 Å². The van der Waals surface area contributed by atoms with Gasteiger partial charge in [0.05, 0.1) is 18.3 Å². The number of nitrogens with one attached hydrogen (secondary N) is 1. The van der Waals surface area contributed by atoms with E-state index in [-0.39, 0.29) is 33.8 Å². The Morgan fingerprint density at radius 3 is 2.57 bits per heavy atom. The van der Waals surface area contributed by atoms with E-state index in [0.717, 1.165) is 18.2 Å². The normalized spacial score (nSPS) is 11.9. The van der Waals surface area contributed by atoms with Gasteiger partial charge in [-0.1, -0.05) is 11.6 Å². The summed E-state index contributed by atoms with van der Waals surface area (Å²) in [6.45, 7) is 3.65. The largest absolute Gasteiger partial charge is 0.485 e. The highest BCUT2D eigenvalue weighted by Gasteiger charge is 2.22. The summed E-state index contributed by atoms with van der Waals surface area (Å²) < 4.78 is 53.8. The van der Waals surface area contributed by atoms with Crippen molar-refractivity contribution in [3.8, 4) is 22.8 Å². The summed E-state index contributed by atoms with van der Waals surface area (Å²) in [7, 11) is -2.89. The lowest BCUT2D eigenvalue weighted by Gasteiger charge is -2.18. The van der Waals surface area contributed by atoms with Crippen molar-refractivity contribution in [3.63, 3.8) is 0 Å². The molecule has 0 atom stereocenters. The predicted molar refractivity (Wildman–Crippen MR) is 137 cm³/mol. The number of anilines is 1. The number of nitrogens with zero attached hydrogens (tertiary/aromatic N) is 3. The molecule has 0 unspecified atom stereocenters. The van der Waals surface area contributed by atoms with Gasteiger partial charge in [0.15, 0.2) is 0 Å². The van der Waals surface area contributed by atoms with E-state index in [0.29, 0.717) is 16.8 Å². The Kier molecular flexibility index (Phi) is 7.09. The molecule has 0 saturated carbocycles. The summed E-state index contributed by atoms with van der Waals surface area (Å²) in [6.07, 6.45) is 4.33. The first-order valence-electron chi connectivity index (χ1n) is 10.8. The molecule has 4 aromatic rings. The maximum atomic E-state index is 13.4. The summed E-state index contributed by atoms with van der Waals surface area (Å²) in [4.78, 5) is 21.1. The number of ether oxygens (including phenoxy) is 2. The molecule has 0 fully saturated rings. The monoisotopic (exact) mass is 547 g/mol. The zero-order chi connectivity index (χ0) is 27.0. The van der Waals surface area contributed by atoms with Crippen LogP contribution in [-0.4, -0.2) is 42.0 Å². The first-order chi connectivity index (χ1) is 17.4. The van der Waals surface area contributed by atoms with Crippen LogP contribution in [0.2, 0.25) is 5.02 Å². The third-order valence-electron chi connectivity index (χ3n) is 5.08. The second-order valence-electron chi connectivity index (χ2n) is 8.81. The molecule has 10 nitrogen and oxygen atoms in total. The number of rotatable bonds is 8. The Bertz CT molecular complexity index is 1650. The molecule has 194 valence electrons. The molecule has 3 heterocycles. The first-order valence-corrected chi connectivity index (χ1v) is 12.7. The van der Waals surface area contributed by atoms with Gasteiger partial charge in [-0.2, -0.15) is 0 Å². The van der Waals surface area contributed by atoms with Crippen molar-refractivity contribution in [1.82, 2.24) is 14.4 Å². The van der Waals surface area contributed by atoms with Crippen LogP contribution in [0.25, 0.3) is 16.8 Å². The van der Waals surface area contributed by atoms with Gasteiger partial charge in [0, 0.05) is 29.1 Å². The van der Waals surface area contributed by atoms with Crippen LogP contribution in [0, 0.1) is 5.82 Å². The van der Waals surface area contributed by atoms with E-state index in [4.69, 9.17) is 26.8 Å². The molecule has 0 aliphatic carbocycles. The van der Waals surface area contributed by atoms with E-state index in [2.05, 4.69) is 14.7 Å². The first kappa shape index (κ1) is 26.3.